The zero-order chi connectivity index (χ0) is 21.0. The predicted molar refractivity (Wildman–Crippen MR) is 115 cm³/mol. The number of aromatic nitrogens is 1. The van der Waals surface area contributed by atoms with Crippen molar-refractivity contribution in [3.05, 3.63) is 41.6 Å². The van der Waals surface area contributed by atoms with Crippen molar-refractivity contribution in [2.24, 2.45) is 0 Å². The van der Waals surface area contributed by atoms with E-state index in [1.807, 2.05) is 49.9 Å². The molecule has 2 heterocycles. The number of ether oxygens (including phenoxy) is 2. The number of benzene rings is 1. The number of amides is 2. The maximum atomic E-state index is 13.3. The summed E-state index contributed by atoms with van der Waals surface area (Å²) in [6.07, 6.45) is 0. The maximum absolute atomic E-state index is 13.3. The number of hydrogen-bond acceptors (Lipinski definition) is 5. The molecule has 3 rings (SSSR count). The average molecular weight is 399 g/mol. The van der Waals surface area contributed by atoms with Gasteiger partial charge in [-0.05, 0) is 44.5 Å². The molecule has 0 N–H and O–H groups in total. The highest BCUT2D eigenvalue weighted by atomic mass is 16.5. The van der Waals surface area contributed by atoms with Crippen molar-refractivity contribution in [3.63, 3.8) is 0 Å². The summed E-state index contributed by atoms with van der Waals surface area (Å²) in [6, 6.07) is 10.00. The van der Waals surface area contributed by atoms with Gasteiger partial charge in [0.15, 0.2) is 0 Å². The second-order valence-electron chi connectivity index (χ2n) is 7.12. The van der Waals surface area contributed by atoms with Gasteiger partial charge in [-0.2, -0.15) is 0 Å². The first kappa shape index (κ1) is 20.8. The summed E-state index contributed by atoms with van der Waals surface area (Å²) >= 11 is 0. The van der Waals surface area contributed by atoms with Crippen LogP contribution in [0.1, 0.15) is 18.2 Å². The average Bonchev–Trinajstić information content (AvgIpc) is 2.76. The molecule has 1 aliphatic rings. The van der Waals surface area contributed by atoms with Crippen molar-refractivity contribution in [3.8, 4) is 11.6 Å². The minimum Gasteiger partial charge on any atom is -0.497 e. The third-order valence-corrected chi connectivity index (χ3v) is 5.41. The van der Waals surface area contributed by atoms with Gasteiger partial charge in [0.1, 0.15) is 11.4 Å². The van der Waals surface area contributed by atoms with Gasteiger partial charge in [-0.1, -0.05) is 6.07 Å². The van der Waals surface area contributed by atoms with Crippen molar-refractivity contribution in [2.75, 3.05) is 56.7 Å². The third kappa shape index (κ3) is 4.39. The number of nitrogens with zero attached hydrogens (tertiary/aromatic N) is 4. The highest BCUT2D eigenvalue weighted by molar-refractivity contribution is 5.93. The summed E-state index contributed by atoms with van der Waals surface area (Å²) in [6.45, 7) is 9.33. The lowest BCUT2D eigenvalue weighted by atomic mass is 10.2. The molecule has 7 nitrogen and oxygen atoms in total. The van der Waals surface area contributed by atoms with E-state index in [2.05, 4.69) is 16.0 Å². The molecule has 0 unspecified atom stereocenters. The van der Waals surface area contributed by atoms with Crippen LogP contribution in [0.5, 0.6) is 11.6 Å². The van der Waals surface area contributed by atoms with Crippen LogP contribution in [-0.2, 0) is 0 Å². The number of hydrogen-bond donors (Lipinski definition) is 0. The Hall–Kier alpha value is -2.96. The number of pyridine rings is 1. The molecule has 0 saturated carbocycles. The van der Waals surface area contributed by atoms with Gasteiger partial charge in [0.2, 0.25) is 5.88 Å². The number of aryl methyl sites for hydroxylation is 2. The van der Waals surface area contributed by atoms with Crippen LogP contribution in [0.3, 0.4) is 0 Å². The highest BCUT2D eigenvalue weighted by Crippen LogP contribution is 2.30. The first-order valence-electron chi connectivity index (χ1n) is 9.96. The smallest absolute Gasteiger partial charge is 0.324 e. The lowest BCUT2D eigenvalue weighted by Crippen LogP contribution is -2.53. The number of carbonyl (C=O) groups is 1. The fourth-order valence-electron chi connectivity index (χ4n) is 3.56. The summed E-state index contributed by atoms with van der Waals surface area (Å²) in [4.78, 5) is 23.7. The molecule has 1 aromatic heterocycles. The number of methoxy groups -OCH3 is 2. The molecule has 0 spiro atoms. The predicted octanol–water partition coefficient (Wildman–Crippen LogP) is 3.48. The topological polar surface area (TPSA) is 58.1 Å². The Kier molecular flexibility index (Phi) is 6.46. The van der Waals surface area contributed by atoms with E-state index < -0.39 is 0 Å². The summed E-state index contributed by atoms with van der Waals surface area (Å²) in [7, 11) is 3.26. The van der Waals surface area contributed by atoms with E-state index in [4.69, 9.17) is 9.47 Å². The molecule has 1 fully saturated rings. The largest absolute Gasteiger partial charge is 0.497 e. The Balaban J connectivity index is 1.73. The fourth-order valence-corrected chi connectivity index (χ4v) is 3.56. The van der Waals surface area contributed by atoms with Gasteiger partial charge in [0.05, 0.1) is 14.2 Å². The molecule has 2 aromatic rings. The Morgan fingerprint density at radius 2 is 1.83 bits per heavy atom. The monoisotopic (exact) mass is 398 g/mol. The first-order chi connectivity index (χ1) is 14.0. The minimum atomic E-state index is -0.0128. The van der Waals surface area contributed by atoms with E-state index >= 15 is 0 Å². The number of carbonyl (C=O) groups excluding carboxylic acids is 1. The molecule has 7 heteroatoms. The molecule has 0 atom stereocenters. The van der Waals surface area contributed by atoms with E-state index in [0.29, 0.717) is 25.5 Å². The number of urea groups is 1. The van der Waals surface area contributed by atoms with Crippen molar-refractivity contribution < 1.29 is 14.3 Å². The number of anilines is 2. The van der Waals surface area contributed by atoms with Crippen LogP contribution < -0.4 is 19.3 Å². The molecule has 0 aliphatic carbocycles. The molecule has 156 valence electrons. The summed E-state index contributed by atoms with van der Waals surface area (Å²) in [5, 5.41) is 0. The molecule has 1 aliphatic heterocycles. The molecule has 0 bridgehead atoms. The van der Waals surface area contributed by atoms with Gasteiger partial charge in [0, 0.05) is 50.2 Å². The highest BCUT2D eigenvalue weighted by Gasteiger charge is 2.28. The van der Waals surface area contributed by atoms with E-state index in [0.717, 1.165) is 41.5 Å². The Morgan fingerprint density at radius 3 is 2.45 bits per heavy atom. The second kappa shape index (κ2) is 9.03. The van der Waals surface area contributed by atoms with Gasteiger partial charge in [-0.25, -0.2) is 9.78 Å². The SMILES string of the molecule is CCN(C(=O)N1CCN(c2cccc(OC)c2)CC1)c1cc(C)c(C)nc1OC. The van der Waals surface area contributed by atoms with Crippen LogP contribution in [0.15, 0.2) is 30.3 Å². The zero-order valence-corrected chi connectivity index (χ0v) is 17.9. The van der Waals surface area contributed by atoms with Gasteiger partial charge in [-0.3, -0.25) is 4.90 Å². The van der Waals surface area contributed by atoms with E-state index in [-0.39, 0.29) is 6.03 Å². The normalized spacial score (nSPS) is 14.0. The Morgan fingerprint density at radius 1 is 1.10 bits per heavy atom. The summed E-state index contributed by atoms with van der Waals surface area (Å²) in [5.41, 5.74) is 3.78. The van der Waals surface area contributed by atoms with Crippen LogP contribution in [0.25, 0.3) is 0 Å². The van der Waals surface area contributed by atoms with Crippen molar-refractivity contribution in [1.29, 1.82) is 0 Å². The van der Waals surface area contributed by atoms with Crippen LogP contribution in [0.2, 0.25) is 0 Å². The lowest BCUT2D eigenvalue weighted by Gasteiger charge is -2.38. The lowest BCUT2D eigenvalue weighted by molar-refractivity contribution is 0.201. The molecule has 29 heavy (non-hydrogen) atoms. The van der Waals surface area contributed by atoms with Crippen LogP contribution in [0, 0.1) is 13.8 Å². The quantitative estimate of drug-likeness (QED) is 0.772. The molecule has 1 aromatic carbocycles. The molecule has 1 saturated heterocycles. The summed E-state index contributed by atoms with van der Waals surface area (Å²) < 4.78 is 10.8. The fraction of sp³-hybridized carbons (Fsp3) is 0.455. The van der Waals surface area contributed by atoms with Gasteiger partial charge in [-0.15, -0.1) is 0 Å². The third-order valence-electron chi connectivity index (χ3n) is 5.41. The van der Waals surface area contributed by atoms with E-state index in [1.165, 1.54) is 0 Å². The van der Waals surface area contributed by atoms with Crippen LogP contribution in [-0.4, -0.2) is 62.9 Å². The second-order valence-corrected chi connectivity index (χ2v) is 7.12. The maximum Gasteiger partial charge on any atom is 0.324 e. The Bertz CT molecular complexity index is 863. The standard InChI is InChI=1S/C22H30N4O3/c1-6-26(20-14-16(2)17(3)23-21(20)29-5)22(27)25-12-10-24(11-13-25)18-8-7-9-19(15-18)28-4/h7-9,14-15H,6,10-13H2,1-5H3. The van der Waals surface area contributed by atoms with Crippen molar-refractivity contribution in [2.45, 2.75) is 20.8 Å². The summed E-state index contributed by atoms with van der Waals surface area (Å²) in [5.74, 6) is 1.32. The molecular formula is C22H30N4O3. The van der Waals surface area contributed by atoms with Gasteiger partial charge < -0.3 is 19.3 Å². The van der Waals surface area contributed by atoms with E-state index in [9.17, 15) is 4.79 Å². The van der Waals surface area contributed by atoms with Crippen LogP contribution in [0.4, 0.5) is 16.2 Å². The van der Waals surface area contributed by atoms with Gasteiger partial charge >= 0.3 is 6.03 Å². The molecular weight excluding hydrogens is 368 g/mol. The van der Waals surface area contributed by atoms with Crippen molar-refractivity contribution >= 4 is 17.4 Å². The number of rotatable bonds is 5. The zero-order valence-electron chi connectivity index (χ0n) is 17.9. The van der Waals surface area contributed by atoms with Gasteiger partial charge in [0.25, 0.3) is 0 Å². The minimum absolute atomic E-state index is 0.0128. The van der Waals surface area contributed by atoms with Crippen LogP contribution >= 0.6 is 0 Å². The Labute approximate surface area is 172 Å². The number of piperazine rings is 1. The van der Waals surface area contributed by atoms with E-state index in [1.54, 1.807) is 19.1 Å². The molecule has 0 radical (unpaired) electrons. The van der Waals surface area contributed by atoms with Crippen molar-refractivity contribution in [1.82, 2.24) is 9.88 Å². The molecule has 2 amide bonds. The first-order valence-corrected chi connectivity index (χ1v) is 9.96.